The second-order valence-electron chi connectivity index (χ2n) is 4.72. The molecule has 1 aromatic rings. The highest BCUT2D eigenvalue weighted by Crippen LogP contribution is 2.17. The molecule has 1 atom stereocenters. The molecule has 1 unspecified atom stereocenters. The highest BCUT2D eigenvalue weighted by atomic mass is 79.9. The smallest absolute Gasteiger partial charge is 0.257 e. The van der Waals surface area contributed by atoms with Crippen molar-refractivity contribution in [1.29, 1.82) is 0 Å². The van der Waals surface area contributed by atoms with Gasteiger partial charge in [0, 0.05) is 17.6 Å². The third-order valence-corrected chi connectivity index (χ3v) is 3.48. The summed E-state index contributed by atoms with van der Waals surface area (Å²) in [4.78, 5) is 11.7. The van der Waals surface area contributed by atoms with Crippen LogP contribution in [0.15, 0.2) is 28.7 Å². The maximum atomic E-state index is 11.7. The zero-order valence-electron chi connectivity index (χ0n) is 11.8. The molecule has 0 saturated heterocycles. The quantitative estimate of drug-likeness (QED) is 0.724. The number of hydrogen-bond acceptors (Lipinski definition) is 3. The maximum Gasteiger partial charge on any atom is 0.257 e. The maximum absolute atomic E-state index is 11.7. The molecule has 5 heteroatoms. The monoisotopic (exact) mass is 343 g/mol. The number of rotatable bonds is 9. The molecule has 1 aromatic carbocycles. The molecule has 0 aliphatic heterocycles. The van der Waals surface area contributed by atoms with E-state index in [1.54, 1.807) is 0 Å². The zero-order valence-corrected chi connectivity index (χ0v) is 13.4. The molecule has 0 aliphatic rings. The fourth-order valence-corrected chi connectivity index (χ4v) is 2.33. The third-order valence-electron chi connectivity index (χ3n) is 2.99. The van der Waals surface area contributed by atoms with E-state index in [0.29, 0.717) is 18.2 Å². The molecule has 0 saturated carbocycles. The van der Waals surface area contributed by atoms with Crippen molar-refractivity contribution in [3.63, 3.8) is 0 Å². The Labute approximate surface area is 128 Å². The Morgan fingerprint density at radius 2 is 2.25 bits per heavy atom. The normalized spacial score (nSPS) is 11.9. The zero-order chi connectivity index (χ0) is 14.8. The predicted molar refractivity (Wildman–Crippen MR) is 82.7 cm³/mol. The summed E-state index contributed by atoms with van der Waals surface area (Å²) in [7, 11) is 0. The largest absolute Gasteiger partial charge is 0.484 e. The molecule has 0 spiro atoms. The number of ether oxygens (including phenoxy) is 1. The first-order chi connectivity index (χ1) is 9.65. The molecule has 0 radical (unpaired) electrons. The van der Waals surface area contributed by atoms with Crippen LogP contribution in [0.1, 0.15) is 26.2 Å². The van der Waals surface area contributed by atoms with E-state index in [4.69, 9.17) is 9.84 Å². The van der Waals surface area contributed by atoms with Gasteiger partial charge in [-0.2, -0.15) is 0 Å². The van der Waals surface area contributed by atoms with Gasteiger partial charge >= 0.3 is 0 Å². The summed E-state index contributed by atoms with van der Waals surface area (Å²) in [5.74, 6) is 0.860. The van der Waals surface area contributed by atoms with Crippen molar-refractivity contribution < 1.29 is 14.6 Å². The highest BCUT2D eigenvalue weighted by molar-refractivity contribution is 9.10. The predicted octanol–water partition coefficient (Wildman–Crippen LogP) is 2.74. The highest BCUT2D eigenvalue weighted by Gasteiger charge is 2.09. The fourth-order valence-electron chi connectivity index (χ4n) is 1.95. The number of benzene rings is 1. The van der Waals surface area contributed by atoms with Crippen LogP contribution >= 0.6 is 15.9 Å². The first kappa shape index (κ1) is 17.0. The van der Waals surface area contributed by atoms with Gasteiger partial charge in [-0.1, -0.05) is 35.3 Å². The van der Waals surface area contributed by atoms with E-state index in [2.05, 4.69) is 28.2 Å². The molecule has 1 amide bonds. The first-order valence-electron chi connectivity index (χ1n) is 6.91. The summed E-state index contributed by atoms with van der Waals surface area (Å²) in [6.45, 7) is 2.86. The molecule has 112 valence electrons. The number of carbonyl (C=O) groups is 1. The number of halogens is 1. The lowest BCUT2D eigenvalue weighted by Gasteiger charge is -2.15. The van der Waals surface area contributed by atoms with Gasteiger partial charge in [0.05, 0.1) is 0 Å². The number of aliphatic hydroxyl groups is 1. The van der Waals surface area contributed by atoms with E-state index >= 15 is 0 Å². The number of carbonyl (C=O) groups excluding carboxylic acids is 1. The van der Waals surface area contributed by atoms with Crippen LogP contribution in [0.4, 0.5) is 0 Å². The van der Waals surface area contributed by atoms with Gasteiger partial charge in [0.15, 0.2) is 6.61 Å². The van der Waals surface area contributed by atoms with Gasteiger partial charge in [0.2, 0.25) is 0 Å². The fraction of sp³-hybridized carbons (Fsp3) is 0.533. The van der Waals surface area contributed by atoms with E-state index in [1.165, 1.54) is 0 Å². The summed E-state index contributed by atoms with van der Waals surface area (Å²) in [6, 6.07) is 7.38. The minimum absolute atomic E-state index is 0.00836. The van der Waals surface area contributed by atoms with Crippen LogP contribution in [0, 0.1) is 5.92 Å². The van der Waals surface area contributed by atoms with Crippen LogP contribution in [-0.2, 0) is 4.79 Å². The van der Waals surface area contributed by atoms with E-state index in [9.17, 15) is 4.79 Å². The van der Waals surface area contributed by atoms with Crippen LogP contribution in [0.3, 0.4) is 0 Å². The van der Waals surface area contributed by atoms with E-state index in [0.717, 1.165) is 23.7 Å². The van der Waals surface area contributed by atoms with Crippen molar-refractivity contribution in [1.82, 2.24) is 5.32 Å². The van der Waals surface area contributed by atoms with Gasteiger partial charge in [-0.15, -0.1) is 0 Å². The molecular formula is C15H22BrNO3. The SMILES string of the molecule is CCCC(CCO)CNC(=O)COc1cccc(Br)c1. The van der Waals surface area contributed by atoms with Crippen molar-refractivity contribution in [3.8, 4) is 5.75 Å². The van der Waals surface area contributed by atoms with Crippen molar-refractivity contribution in [2.45, 2.75) is 26.2 Å². The Hall–Kier alpha value is -1.07. The number of nitrogens with one attached hydrogen (secondary N) is 1. The molecular weight excluding hydrogens is 322 g/mol. The second kappa shape index (κ2) is 9.77. The molecule has 20 heavy (non-hydrogen) atoms. The summed E-state index contributed by atoms with van der Waals surface area (Å²) < 4.78 is 6.33. The average Bonchev–Trinajstić information content (AvgIpc) is 2.43. The van der Waals surface area contributed by atoms with E-state index in [-0.39, 0.29) is 19.1 Å². The summed E-state index contributed by atoms with van der Waals surface area (Å²) in [5, 5.41) is 11.8. The van der Waals surface area contributed by atoms with Crippen LogP contribution in [0.2, 0.25) is 0 Å². The lowest BCUT2D eigenvalue weighted by atomic mass is 10.0. The topological polar surface area (TPSA) is 58.6 Å². The summed E-state index contributed by atoms with van der Waals surface area (Å²) in [6.07, 6.45) is 2.78. The summed E-state index contributed by atoms with van der Waals surface area (Å²) >= 11 is 3.35. The van der Waals surface area contributed by atoms with Crippen LogP contribution in [0.25, 0.3) is 0 Å². The number of hydrogen-bond donors (Lipinski definition) is 2. The van der Waals surface area contributed by atoms with Gasteiger partial charge in [-0.05, 0) is 37.0 Å². The van der Waals surface area contributed by atoms with Crippen molar-refractivity contribution in [2.75, 3.05) is 19.8 Å². The Bertz CT molecular complexity index is 406. The Morgan fingerprint density at radius 3 is 2.90 bits per heavy atom. The second-order valence-corrected chi connectivity index (χ2v) is 5.63. The van der Waals surface area contributed by atoms with Gasteiger partial charge in [-0.25, -0.2) is 0 Å². The number of aliphatic hydroxyl groups excluding tert-OH is 1. The van der Waals surface area contributed by atoms with Crippen molar-refractivity contribution in [3.05, 3.63) is 28.7 Å². The number of amides is 1. The molecule has 0 fully saturated rings. The van der Waals surface area contributed by atoms with Gasteiger partial charge in [0.25, 0.3) is 5.91 Å². The van der Waals surface area contributed by atoms with Gasteiger partial charge in [-0.3, -0.25) is 4.79 Å². The van der Waals surface area contributed by atoms with Crippen LogP contribution < -0.4 is 10.1 Å². The minimum atomic E-state index is -0.135. The third kappa shape index (κ3) is 6.91. The Kier molecular flexibility index (Phi) is 8.30. The molecule has 0 bridgehead atoms. The van der Waals surface area contributed by atoms with Gasteiger partial charge < -0.3 is 15.2 Å². The first-order valence-corrected chi connectivity index (χ1v) is 7.71. The summed E-state index contributed by atoms with van der Waals surface area (Å²) in [5.41, 5.74) is 0. The van der Waals surface area contributed by atoms with E-state index < -0.39 is 0 Å². The standard InChI is InChI=1S/C15H22BrNO3/c1-2-4-12(7-8-18)10-17-15(19)11-20-14-6-3-5-13(16)9-14/h3,5-6,9,12,18H,2,4,7-8,10-11H2,1H3,(H,17,19). The molecule has 2 N–H and O–H groups in total. The molecule has 0 heterocycles. The average molecular weight is 344 g/mol. The lowest BCUT2D eigenvalue weighted by molar-refractivity contribution is -0.123. The molecule has 4 nitrogen and oxygen atoms in total. The molecule has 1 rings (SSSR count). The van der Waals surface area contributed by atoms with Crippen molar-refractivity contribution in [2.24, 2.45) is 5.92 Å². The van der Waals surface area contributed by atoms with Crippen LogP contribution in [-0.4, -0.2) is 30.8 Å². The molecule has 0 aliphatic carbocycles. The Morgan fingerprint density at radius 1 is 1.45 bits per heavy atom. The van der Waals surface area contributed by atoms with E-state index in [1.807, 2.05) is 24.3 Å². The van der Waals surface area contributed by atoms with Crippen molar-refractivity contribution >= 4 is 21.8 Å². The lowest BCUT2D eigenvalue weighted by Crippen LogP contribution is -2.33. The molecule has 0 aromatic heterocycles. The Balaban J connectivity index is 2.29. The van der Waals surface area contributed by atoms with Gasteiger partial charge in [0.1, 0.15) is 5.75 Å². The van der Waals surface area contributed by atoms with Crippen LogP contribution in [0.5, 0.6) is 5.75 Å². The minimum Gasteiger partial charge on any atom is -0.484 e.